The van der Waals surface area contributed by atoms with Crippen LogP contribution in [0.15, 0.2) is 6.20 Å². The molecule has 8 nitrogen and oxygen atoms in total. The monoisotopic (exact) mass is 256 g/mol. The van der Waals surface area contributed by atoms with Crippen LogP contribution in [0.4, 0.5) is 11.5 Å². The van der Waals surface area contributed by atoms with Crippen molar-refractivity contribution in [3.63, 3.8) is 0 Å². The minimum atomic E-state index is -0.959. The van der Waals surface area contributed by atoms with Gasteiger partial charge in [0.05, 0.1) is 11.3 Å². The van der Waals surface area contributed by atoms with E-state index in [4.69, 9.17) is 5.11 Å². The molecule has 2 N–H and O–H groups in total. The second-order valence-corrected chi connectivity index (χ2v) is 4.39. The van der Waals surface area contributed by atoms with Crippen LogP contribution in [-0.2, 0) is 11.8 Å². The number of aliphatic carboxylic acids is 1. The summed E-state index contributed by atoms with van der Waals surface area (Å²) in [6, 6.07) is -0.406. The van der Waals surface area contributed by atoms with Gasteiger partial charge in [-0.05, 0) is 5.92 Å². The Bertz CT molecular complexity index is 455. The molecule has 0 aliphatic rings. The first kappa shape index (κ1) is 13.9. The van der Waals surface area contributed by atoms with E-state index in [-0.39, 0.29) is 23.8 Å². The molecule has 18 heavy (non-hydrogen) atoms. The highest BCUT2D eigenvalue weighted by Crippen LogP contribution is 2.24. The molecule has 0 radical (unpaired) electrons. The van der Waals surface area contributed by atoms with Gasteiger partial charge in [-0.25, -0.2) is 0 Å². The smallest absolute Gasteiger partial charge is 0.330 e. The highest BCUT2D eigenvalue weighted by Gasteiger charge is 2.24. The van der Waals surface area contributed by atoms with Crippen LogP contribution in [0, 0.1) is 16.0 Å². The number of nitrogens with zero attached hydrogens (tertiary/aromatic N) is 3. The first-order chi connectivity index (χ1) is 8.31. The summed E-state index contributed by atoms with van der Waals surface area (Å²) in [6.07, 6.45) is 1.16. The summed E-state index contributed by atoms with van der Waals surface area (Å²) in [7, 11) is 1.57. The van der Waals surface area contributed by atoms with Crippen molar-refractivity contribution >= 4 is 17.5 Å². The molecule has 1 rings (SSSR count). The Morgan fingerprint density at radius 2 is 2.28 bits per heavy atom. The molecule has 1 aromatic heterocycles. The van der Waals surface area contributed by atoms with Gasteiger partial charge >= 0.3 is 11.7 Å². The lowest BCUT2D eigenvalue weighted by atomic mass is 10.0. The molecule has 100 valence electrons. The van der Waals surface area contributed by atoms with Crippen LogP contribution in [-0.4, -0.2) is 31.8 Å². The molecule has 1 unspecified atom stereocenters. The van der Waals surface area contributed by atoms with E-state index in [9.17, 15) is 14.9 Å². The lowest BCUT2D eigenvalue weighted by Gasteiger charge is -2.19. The highest BCUT2D eigenvalue weighted by atomic mass is 16.6. The number of nitro groups is 1. The SMILES string of the molecule is CC(C)C(CC(=O)O)Nc1nn(C)cc1[N+](=O)[O-]. The standard InChI is InChI=1S/C10H16N4O4/c1-6(2)7(4-9(15)16)11-10-8(14(17)18)5-13(3)12-10/h5-7H,4H2,1-3H3,(H,11,12)(H,15,16). The van der Waals surface area contributed by atoms with Gasteiger partial charge < -0.3 is 10.4 Å². The fraction of sp³-hybridized carbons (Fsp3) is 0.600. The lowest BCUT2D eigenvalue weighted by Crippen LogP contribution is -2.29. The van der Waals surface area contributed by atoms with Gasteiger partial charge in [-0.15, -0.1) is 5.10 Å². The van der Waals surface area contributed by atoms with Gasteiger partial charge in [-0.2, -0.15) is 0 Å². The molecule has 0 spiro atoms. The number of hydrogen-bond acceptors (Lipinski definition) is 5. The van der Waals surface area contributed by atoms with Crippen molar-refractivity contribution < 1.29 is 14.8 Å². The number of carboxylic acid groups (broad SMARTS) is 1. The van der Waals surface area contributed by atoms with Crippen molar-refractivity contribution in [2.75, 3.05) is 5.32 Å². The van der Waals surface area contributed by atoms with Crippen LogP contribution in [0.2, 0.25) is 0 Å². The maximum absolute atomic E-state index is 10.8. The number of nitrogens with one attached hydrogen (secondary N) is 1. The fourth-order valence-electron chi connectivity index (χ4n) is 1.53. The zero-order valence-electron chi connectivity index (χ0n) is 10.5. The predicted molar refractivity (Wildman–Crippen MR) is 64.4 cm³/mol. The number of carboxylic acids is 1. The van der Waals surface area contributed by atoms with Crippen LogP contribution < -0.4 is 5.32 Å². The summed E-state index contributed by atoms with van der Waals surface area (Å²) in [4.78, 5) is 21.0. The van der Waals surface area contributed by atoms with Gasteiger partial charge in [0.15, 0.2) is 0 Å². The molecule has 0 fully saturated rings. The number of aromatic nitrogens is 2. The Morgan fingerprint density at radius 1 is 1.67 bits per heavy atom. The second-order valence-electron chi connectivity index (χ2n) is 4.39. The minimum Gasteiger partial charge on any atom is -0.481 e. The summed E-state index contributed by atoms with van der Waals surface area (Å²) in [5.41, 5.74) is -0.159. The maximum Gasteiger partial charge on any atom is 0.330 e. The van der Waals surface area contributed by atoms with E-state index in [1.54, 1.807) is 7.05 Å². The Hall–Kier alpha value is -2.12. The largest absolute Gasteiger partial charge is 0.481 e. The molecule has 0 aliphatic carbocycles. The van der Waals surface area contributed by atoms with Crippen molar-refractivity contribution in [2.24, 2.45) is 13.0 Å². The Balaban J connectivity index is 2.93. The van der Waals surface area contributed by atoms with Crippen molar-refractivity contribution in [1.29, 1.82) is 0 Å². The summed E-state index contributed by atoms with van der Waals surface area (Å²) in [5.74, 6) is -0.843. The van der Waals surface area contributed by atoms with Gasteiger partial charge in [0.1, 0.15) is 6.20 Å². The van der Waals surface area contributed by atoms with E-state index in [0.717, 1.165) is 0 Å². The van der Waals surface area contributed by atoms with E-state index in [2.05, 4.69) is 10.4 Å². The van der Waals surface area contributed by atoms with Gasteiger partial charge in [0.2, 0.25) is 5.82 Å². The number of hydrogen-bond donors (Lipinski definition) is 2. The molecule has 0 aromatic carbocycles. The molecular formula is C10H16N4O4. The number of anilines is 1. The zero-order chi connectivity index (χ0) is 13.9. The minimum absolute atomic E-state index is 0.0164. The molecule has 1 atom stereocenters. The van der Waals surface area contributed by atoms with Crippen molar-refractivity contribution in [2.45, 2.75) is 26.3 Å². The molecular weight excluding hydrogens is 240 g/mol. The number of carbonyl (C=O) groups is 1. The van der Waals surface area contributed by atoms with Gasteiger partial charge in [-0.3, -0.25) is 19.6 Å². The molecule has 0 bridgehead atoms. The molecule has 0 aliphatic heterocycles. The van der Waals surface area contributed by atoms with E-state index < -0.39 is 16.9 Å². The lowest BCUT2D eigenvalue weighted by molar-refractivity contribution is -0.384. The second kappa shape index (κ2) is 5.48. The third-order valence-electron chi connectivity index (χ3n) is 2.53. The maximum atomic E-state index is 10.8. The Kier molecular flexibility index (Phi) is 4.24. The summed E-state index contributed by atoms with van der Waals surface area (Å²) < 4.78 is 1.32. The van der Waals surface area contributed by atoms with E-state index >= 15 is 0 Å². The number of aryl methyl sites for hydroxylation is 1. The van der Waals surface area contributed by atoms with Crippen LogP contribution in [0.25, 0.3) is 0 Å². The van der Waals surface area contributed by atoms with E-state index in [0.29, 0.717) is 0 Å². The Morgan fingerprint density at radius 3 is 2.72 bits per heavy atom. The van der Waals surface area contributed by atoms with E-state index in [1.165, 1.54) is 10.9 Å². The Labute approximate surface area is 104 Å². The molecule has 0 amide bonds. The summed E-state index contributed by atoms with van der Waals surface area (Å²) in [6.45, 7) is 3.69. The molecule has 0 saturated heterocycles. The normalized spacial score (nSPS) is 12.4. The third kappa shape index (κ3) is 3.44. The van der Waals surface area contributed by atoms with Crippen LogP contribution in [0.5, 0.6) is 0 Å². The van der Waals surface area contributed by atoms with Crippen LogP contribution >= 0.6 is 0 Å². The van der Waals surface area contributed by atoms with Crippen molar-refractivity contribution in [3.05, 3.63) is 16.3 Å². The third-order valence-corrected chi connectivity index (χ3v) is 2.53. The zero-order valence-corrected chi connectivity index (χ0v) is 10.5. The molecule has 1 aromatic rings. The quantitative estimate of drug-likeness (QED) is 0.585. The first-order valence-electron chi connectivity index (χ1n) is 5.47. The van der Waals surface area contributed by atoms with Crippen molar-refractivity contribution in [1.82, 2.24) is 9.78 Å². The highest BCUT2D eigenvalue weighted by molar-refractivity contribution is 5.68. The topological polar surface area (TPSA) is 110 Å². The summed E-state index contributed by atoms with van der Waals surface area (Å²) >= 11 is 0. The first-order valence-corrected chi connectivity index (χ1v) is 5.47. The van der Waals surface area contributed by atoms with Gasteiger partial charge in [0.25, 0.3) is 0 Å². The average molecular weight is 256 g/mol. The van der Waals surface area contributed by atoms with Gasteiger partial charge in [-0.1, -0.05) is 13.8 Å². The molecule has 1 heterocycles. The average Bonchev–Trinajstić information content (AvgIpc) is 2.57. The molecule has 0 saturated carbocycles. The van der Waals surface area contributed by atoms with E-state index in [1.807, 2.05) is 13.8 Å². The van der Waals surface area contributed by atoms with Gasteiger partial charge in [0, 0.05) is 13.1 Å². The fourth-order valence-corrected chi connectivity index (χ4v) is 1.53. The van der Waals surface area contributed by atoms with Crippen molar-refractivity contribution in [3.8, 4) is 0 Å². The molecule has 8 heteroatoms. The van der Waals surface area contributed by atoms with Crippen LogP contribution in [0.3, 0.4) is 0 Å². The summed E-state index contributed by atoms with van der Waals surface area (Å²) in [5, 5.41) is 26.4. The number of rotatable bonds is 6. The predicted octanol–water partition coefficient (Wildman–Crippen LogP) is 1.24. The van der Waals surface area contributed by atoms with Crippen LogP contribution in [0.1, 0.15) is 20.3 Å².